The van der Waals surface area contributed by atoms with Crippen molar-refractivity contribution in [3.8, 4) is 0 Å². The first-order chi connectivity index (χ1) is 10.6. The number of sulfone groups is 1. The molecule has 0 bridgehead atoms. The number of hydrogen-bond donors (Lipinski definition) is 2. The van der Waals surface area contributed by atoms with Crippen molar-refractivity contribution >= 4 is 39.8 Å². The Bertz CT molecular complexity index is 498. The molecular formula is C17H36IN3O2S. The summed E-state index contributed by atoms with van der Waals surface area (Å²) in [6, 6.07) is 0. The molecule has 0 radical (unpaired) electrons. The zero-order valence-corrected chi connectivity index (χ0v) is 19.1. The van der Waals surface area contributed by atoms with Crippen LogP contribution >= 0.6 is 24.0 Å². The summed E-state index contributed by atoms with van der Waals surface area (Å²) in [4.78, 5) is 4.30. The topological polar surface area (TPSA) is 70.6 Å². The highest BCUT2D eigenvalue weighted by atomic mass is 127. The zero-order valence-electron chi connectivity index (χ0n) is 15.9. The van der Waals surface area contributed by atoms with E-state index in [-0.39, 0.29) is 35.1 Å². The van der Waals surface area contributed by atoms with Gasteiger partial charge >= 0.3 is 0 Å². The van der Waals surface area contributed by atoms with Crippen LogP contribution in [0, 0.1) is 10.8 Å². The highest BCUT2D eigenvalue weighted by Crippen LogP contribution is 2.40. The third-order valence-electron chi connectivity index (χ3n) is 5.15. The number of halogens is 1. The van der Waals surface area contributed by atoms with Crippen molar-refractivity contribution in [2.75, 3.05) is 32.1 Å². The molecule has 0 aromatic rings. The van der Waals surface area contributed by atoms with Gasteiger partial charge in [0.25, 0.3) is 0 Å². The fourth-order valence-electron chi connectivity index (χ4n) is 3.15. The Morgan fingerprint density at radius 3 is 2.25 bits per heavy atom. The molecule has 0 heterocycles. The largest absolute Gasteiger partial charge is 0.356 e. The monoisotopic (exact) mass is 473 g/mol. The number of nitrogens with zero attached hydrogens (tertiary/aromatic N) is 1. The zero-order chi connectivity index (χ0) is 17.6. The number of rotatable bonds is 8. The molecule has 0 amide bonds. The second-order valence-corrected chi connectivity index (χ2v) is 10.1. The molecule has 0 aliphatic heterocycles. The van der Waals surface area contributed by atoms with Crippen LogP contribution in [-0.2, 0) is 9.84 Å². The van der Waals surface area contributed by atoms with Crippen molar-refractivity contribution < 1.29 is 8.42 Å². The lowest BCUT2D eigenvalue weighted by atomic mass is 9.83. The molecule has 0 aromatic carbocycles. The van der Waals surface area contributed by atoms with E-state index in [0.717, 1.165) is 12.5 Å². The van der Waals surface area contributed by atoms with Crippen molar-refractivity contribution in [2.45, 2.75) is 59.3 Å². The average molecular weight is 473 g/mol. The van der Waals surface area contributed by atoms with E-state index in [2.05, 4.69) is 36.4 Å². The van der Waals surface area contributed by atoms with Gasteiger partial charge in [0, 0.05) is 26.4 Å². The van der Waals surface area contributed by atoms with Gasteiger partial charge in [-0.1, -0.05) is 33.6 Å². The van der Waals surface area contributed by atoms with Crippen LogP contribution < -0.4 is 10.6 Å². The molecular weight excluding hydrogens is 437 g/mol. The summed E-state index contributed by atoms with van der Waals surface area (Å²) in [5.74, 6) is 1.05. The third kappa shape index (κ3) is 8.87. The summed E-state index contributed by atoms with van der Waals surface area (Å²) < 4.78 is 22.7. The molecule has 0 unspecified atom stereocenters. The SMILES string of the molecule is CCC1(CNC(=NC)NCC(C)(C)CCS(C)(=O)=O)CCCC1.I. The molecule has 144 valence electrons. The first-order valence-corrected chi connectivity index (χ1v) is 10.8. The molecule has 1 aliphatic carbocycles. The predicted octanol–water partition coefficient (Wildman–Crippen LogP) is 3.20. The lowest BCUT2D eigenvalue weighted by molar-refractivity contribution is 0.282. The van der Waals surface area contributed by atoms with Gasteiger partial charge in [-0.2, -0.15) is 0 Å². The van der Waals surface area contributed by atoms with Gasteiger partial charge in [0.1, 0.15) is 9.84 Å². The van der Waals surface area contributed by atoms with Crippen molar-refractivity contribution in [1.82, 2.24) is 10.6 Å². The molecule has 0 saturated heterocycles. The van der Waals surface area contributed by atoms with Crippen molar-refractivity contribution in [3.63, 3.8) is 0 Å². The standard InChI is InChI=1S/C17H35N3O2S.HI/c1-6-17(9-7-8-10-17)14-20-15(18-4)19-13-16(2,3)11-12-23(5,21)22;/h6-14H2,1-5H3,(H2,18,19,20);1H. The average Bonchev–Trinajstić information content (AvgIpc) is 2.94. The van der Waals surface area contributed by atoms with E-state index in [0.29, 0.717) is 18.4 Å². The smallest absolute Gasteiger partial charge is 0.191 e. The van der Waals surface area contributed by atoms with E-state index in [1.807, 2.05) is 0 Å². The Kier molecular flexibility index (Phi) is 10.2. The van der Waals surface area contributed by atoms with Crippen molar-refractivity contribution in [3.05, 3.63) is 0 Å². The molecule has 1 aliphatic rings. The maximum Gasteiger partial charge on any atom is 0.191 e. The second-order valence-electron chi connectivity index (χ2n) is 7.88. The van der Waals surface area contributed by atoms with Crippen LogP contribution in [-0.4, -0.2) is 46.5 Å². The molecule has 0 spiro atoms. The molecule has 0 atom stereocenters. The van der Waals surface area contributed by atoms with E-state index >= 15 is 0 Å². The van der Waals surface area contributed by atoms with Gasteiger partial charge in [-0.3, -0.25) is 4.99 Å². The van der Waals surface area contributed by atoms with Gasteiger partial charge in [0.15, 0.2) is 5.96 Å². The fourth-order valence-corrected chi connectivity index (χ4v) is 4.07. The Balaban J connectivity index is 0.00000529. The molecule has 2 N–H and O–H groups in total. The summed E-state index contributed by atoms with van der Waals surface area (Å²) in [6.07, 6.45) is 8.41. The van der Waals surface area contributed by atoms with E-state index in [9.17, 15) is 8.42 Å². The molecule has 0 aromatic heterocycles. The minimum atomic E-state index is -2.91. The van der Waals surface area contributed by atoms with Gasteiger partial charge in [-0.15, -0.1) is 24.0 Å². The summed E-state index contributed by atoms with van der Waals surface area (Å²) >= 11 is 0. The highest BCUT2D eigenvalue weighted by molar-refractivity contribution is 14.0. The fraction of sp³-hybridized carbons (Fsp3) is 0.941. The first kappa shape index (κ1) is 23.9. The van der Waals surface area contributed by atoms with E-state index in [1.54, 1.807) is 7.05 Å². The minimum absolute atomic E-state index is 0. The van der Waals surface area contributed by atoms with E-state index in [1.165, 1.54) is 38.4 Å². The molecule has 24 heavy (non-hydrogen) atoms. The van der Waals surface area contributed by atoms with E-state index < -0.39 is 9.84 Å². The minimum Gasteiger partial charge on any atom is -0.356 e. The van der Waals surface area contributed by atoms with Gasteiger partial charge in [0.05, 0.1) is 5.75 Å². The molecule has 5 nitrogen and oxygen atoms in total. The van der Waals surface area contributed by atoms with Crippen molar-refractivity contribution in [2.24, 2.45) is 15.8 Å². The van der Waals surface area contributed by atoms with Crippen LogP contribution in [0.2, 0.25) is 0 Å². The Hall–Kier alpha value is -0.0500. The van der Waals surface area contributed by atoms with Crippen LogP contribution in [0.4, 0.5) is 0 Å². The van der Waals surface area contributed by atoms with Gasteiger partial charge in [-0.05, 0) is 36.5 Å². The lowest BCUT2D eigenvalue weighted by Gasteiger charge is -2.30. The van der Waals surface area contributed by atoms with Gasteiger partial charge in [-0.25, -0.2) is 8.42 Å². The summed E-state index contributed by atoms with van der Waals surface area (Å²) in [6.45, 7) is 8.12. The van der Waals surface area contributed by atoms with Crippen LogP contribution in [0.25, 0.3) is 0 Å². The molecule has 7 heteroatoms. The number of nitrogens with one attached hydrogen (secondary N) is 2. The number of guanidine groups is 1. The maximum absolute atomic E-state index is 11.3. The van der Waals surface area contributed by atoms with Crippen LogP contribution in [0.1, 0.15) is 59.3 Å². The molecule has 1 rings (SSSR count). The van der Waals surface area contributed by atoms with E-state index in [4.69, 9.17) is 0 Å². The Morgan fingerprint density at radius 2 is 1.79 bits per heavy atom. The first-order valence-electron chi connectivity index (χ1n) is 8.74. The highest BCUT2D eigenvalue weighted by Gasteiger charge is 2.32. The summed E-state index contributed by atoms with van der Waals surface area (Å²) in [5.41, 5.74) is 0.333. The third-order valence-corrected chi connectivity index (χ3v) is 6.10. The van der Waals surface area contributed by atoms with Gasteiger partial charge < -0.3 is 10.6 Å². The predicted molar refractivity (Wildman–Crippen MR) is 114 cm³/mol. The molecule has 1 saturated carbocycles. The second kappa shape index (κ2) is 10.2. The Morgan fingerprint density at radius 1 is 1.21 bits per heavy atom. The van der Waals surface area contributed by atoms with Crippen molar-refractivity contribution in [1.29, 1.82) is 0 Å². The maximum atomic E-state index is 11.3. The van der Waals surface area contributed by atoms with Crippen LogP contribution in [0.5, 0.6) is 0 Å². The Labute approximate surface area is 165 Å². The summed E-state index contributed by atoms with van der Waals surface area (Å²) in [5, 5.41) is 6.82. The van der Waals surface area contributed by atoms with Crippen LogP contribution in [0.15, 0.2) is 4.99 Å². The lowest BCUT2D eigenvalue weighted by Crippen LogP contribution is -2.45. The normalized spacial score (nSPS) is 18.1. The summed E-state index contributed by atoms with van der Waals surface area (Å²) in [7, 11) is -1.12. The molecule has 1 fully saturated rings. The van der Waals surface area contributed by atoms with Crippen LogP contribution in [0.3, 0.4) is 0 Å². The number of hydrogen-bond acceptors (Lipinski definition) is 3. The quantitative estimate of drug-likeness (QED) is 0.323. The number of aliphatic imine (C=N–C) groups is 1. The van der Waals surface area contributed by atoms with Gasteiger partial charge in [0.2, 0.25) is 0 Å².